The molecular formula is C16H17ClO3. The molecule has 4 heteroatoms. The zero-order chi connectivity index (χ0) is 14.4. The van der Waals surface area contributed by atoms with Gasteiger partial charge in [-0.1, -0.05) is 11.6 Å². The van der Waals surface area contributed by atoms with Crippen LogP contribution in [0.2, 0.25) is 5.02 Å². The highest BCUT2D eigenvalue weighted by molar-refractivity contribution is 6.32. The number of carbonyl (C=O) groups is 2. The lowest BCUT2D eigenvalue weighted by Crippen LogP contribution is -2.35. The van der Waals surface area contributed by atoms with E-state index in [1.165, 1.54) is 0 Å². The summed E-state index contributed by atoms with van der Waals surface area (Å²) in [6.07, 6.45) is 2.38. The molecule has 2 atom stereocenters. The molecule has 2 bridgehead atoms. The Morgan fingerprint density at radius 2 is 1.75 bits per heavy atom. The summed E-state index contributed by atoms with van der Waals surface area (Å²) in [4.78, 5) is 25.1. The van der Waals surface area contributed by atoms with E-state index < -0.39 is 5.92 Å². The third-order valence-corrected chi connectivity index (χ3v) is 4.86. The number of rotatable bonds is 2. The van der Waals surface area contributed by atoms with Crippen LogP contribution in [0.5, 0.6) is 5.75 Å². The van der Waals surface area contributed by atoms with E-state index >= 15 is 0 Å². The first-order valence-electron chi connectivity index (χ1n) is 6.94. The zero-order valence-electron chi connectivity index (χ0n) is 11.6. The lowest BCUT2D eigenvalue weighted by Gasteiger charge is -2.27. The maximum atomic E-state index is 12.6. The Balaban J connectivity index is 2.13. The Morgan fingerprint density at radius 3 is 2.30 bits per heavy atom. The summed E-state index contributed by atoms with van der Waals surface area (Å²) >= 11 is 6.31. The van der Waals surface area contributed by atoms with Gasteiger partial charge in [-0.25, -0.2) is 0 Å². The molecule has 0 saturated heterocycles. The van der Waals surface area contributed by atoms with Crippen molar-refractivity contribution in [3.63, 3.8) is 0 Å². The van der Waals surface area contributed by atoms with Gasteiger partial charge >= 0.3 is 0 Å². The molecule has 0 aliphatic heterocycles. The Hall–Kier alpha value is -1.35. The van der Waals surface area contributed by atoms with Crippen molar-refractivity contribution in [2.45, 2.75) is 32.1 Å². The number of benzene rings is 1. The van der Waals surface area contributed by atoms with Gasteiger partial charge in [-0.15, -0.1) is 0 Å². The van der Waals surface area contributed by atoms with Crippen molar-refractivity contribution in [1.29, 1.82) is 0 Å². The Bertz CT molecular complexity index is 572. The van der Waals surface area contributed by atoms with E-state index in [1.54, 1.807) is 13.2 Å². The molecule has 3 rings (SSSR count). The minimum atomic E-state index is -0.732. The Morgan fingerprint density at radius 1 is 1.15 bits per heavy atom. The summed E-state index contributed by atoms with van der Waals surface area (Å²) < 4.78 is 5.36. The Kier molecular flexibility index (Phi) is 3.33. The molecule has 0 aromatic heterocycles. The smallest absolute Gasteiger partial charge is 0.151 e. The van der Waals surface area contributed by atoms with Gasteiger partial charge in [-0.05, 0) is 43.9 Å². The lowest BCUT2D eigenvalue weighted by molar-refractivity contribution is -0.136. The fourth-order valence-electron chi connectivity index (χ4n) is 3.57. The molecule has 2 aliphatic rings. The minimum Gasteiger partial charge on any atom is -0.496 e. The second kappa shape index (κ2) is 4.88. The number of halogens is 1. The van der Waals surface area contributed by atoms with Gasteiger partial charge in [0.2, 0.25) is 0 Å². The minimum absolute atomic E-state index is 0.0183. The fraction of sp³-hybridized carbons (Fsp3) is 0.500. The number of carbonyl (C=O) groups excluding carboxylic acids is 2. The topological polar surface area (TPSA) is 43.4 Å². The standard InChI is InChI=1S/C16H17ClO3/c1-8-5-11(17)13(12(6-8)20-2)14-15(18)9-3-4-10(7-9)16(14)19/h5-6,9-10,14H,3-4,7H2,1-2H3. The molecule has 2 unspecified atom stereocenters. The van der Waals surface area contributed by atoms with Crippen LogP contribution in [0.3, 0.4) is 0 Å². The van der Waals surface area contributed by atoms with Crippen LogP contribution in [0.1, 0.15) is 36.3 Å². The van der Waals surface area contributed by atoms with E-state index in [2.05, 4.69) is 0 Å². The van der Waals surface area contributed by atoms with Crippen LogP contribution in [0.15, 0.2) is 12.1 Å². The van der Waals surface area contributed by atoms with Gasteiger partial charge in [0.05, 0.1) is 7.11 Å². The molecule has 0 heterocycles. The predicted octanol–water partition coefficient (Wildman–Crippen LogP) is 3.31. The van der Waals surface area contributed by atoms with E-state index in [9.17, 15) is 9.59 Å². The van der Waals surface area contributed by atoms with Crippen LogP contribution in [-0.4, -0.2) is 18.7 Å². The molecule has 106 valence electrons. The van der Waals surface area contributed by atoms with Crippen molar-refractivity contribution in [2.24, 2.45) is 11.8 Å². The van der Waals surface area contributed by atoms with Crippen molar-refractivity contribution in [2.75, 3.05) is 7.11 Å². The normalized spacial score (nSPS) is 28.9. The van der Waals surface area contributed by atoms with E-state index in [0.717, 1.165) is 24.8 Å². The summed E-state index contributed by atoms with van der Waals surface area (Å²) in [7, 11) is 1.54. The third-order valence-electron chi connectivity index (χ3n) is 4.55. The highest BCUT2D eigenvalue weighted by atomic mass is 35.5. The van der Waals surface area contributed by atoms with Gasteiger partial charge < -0.3 is 4.74 Å². The average Bonchev–Trinajstić information content (AvgIpc) is 2.85. The quantitative estimate of drug-likeness (QED) is 0.786. The van der Waals surface area contributed by atoms with Gasteiger partial charge in [0.25, 0.3) is 0 Å². The molecule has 0 amide bonds. The van der Waals surface area contributed by atoms with Crippen LogP contribution in [0.25, 0.3) is 0 Å². The maximum absolute atomic E-state index is 12.6. The van der Waals surface area contributed by atoms with Crippen molar-refractivity contribution >= 4 is 23.2 Å². The highest BCUT2D eigenvalue weighted by Gasteiger charge is 2.48. The van der Waals surface area contributed by atoms with Gasteiger partial charge in [0.15, 0.2) is 11.6 Å². The molecule has 2 aliphatic carbocycles. The molecule has 0 spiro atoms. The van der Waals surface area contributed by atoms with Crippen LogP contribution in [-0.2, 0) is 9.59 Å². The van der Waals surface area contributed by atoms with E-state index in [0.29, 0.717) is 16.3 Å². The number of ether oxygens (including phenoxy) is 1. The summed E-state index contributed by atoms with van der Waals surface area (Å²) in [6.45, 7) is 1.91. The predicted molar refractivity (Wildman–Crippen MR) is 76.3 cm³/mol. The number of ketones is 2. The van der Waals surface area contributed by atoms with Crippen molar-refractivity contribution < 1.29 is 14.3 Å². The second-order valence-corrected chi connectivity index (χ2v) is 6.21. The molecule has 2 saturated carbocycles. The zero-order valence-corrected chi connectivity index (χ0v) is 12.4. The fourth-order valence-corrected chi connectivity index (χ4v) is 3.94. The number of methoxy groups -OCH3 is 1. The highest BCUT2D eigenvalue weighted by Crippen LogP contribution is 2.47. The number of aryl methyl sites for hydroxylation is 1. The molecule has 0 N–H and O–H groups in total. The largest absolute Gasteiger partial charge is 0.496 e. The van der Waals surface area contributed by atoms with Crippen LogP contribution >= 0.6 is 11.6 Å². The average molecular weight is 293 g/mol. The molecule has 1 aromatic carbocycles. The first-order chi connectivity index (χ1) is 9.52. The first-order valence-corrected chi connectivity index (χ1v) is 7.32. The molecular weight excluding hydrogens is 276 g/mol. The molecule has 2 fully saturated rings. The number of fused-ring (bicyclic) bond motifs is 2. The lowest BCUT2D eigenvalue weighted by atomic mass is 9.75. The number of Topliss-reactive ketones (excluding diaryl/α,β-unsaturated/α-hetero) is 2. The Labute approximate surface area is 123 Å². The van der Waals surface area contributed by atoms with E-state index in [1.807, 2.05) is 13.0 Å². The third kappa shape index (κ3) is 1.96. The molecule has 0 radical (unpaired) electrons. The van der Waals surface area contributed by atoms with Crippen molar-refractivity contribution in [3.05, 3.63) is 28.3 Å². The number of hydrogen-bond donors (Lipinski definition) is 0. The van der Waals surface area contributed by atoms with E-state index in [-0.39, 0.29) is 23.4 Å². The summed E-state index contributed by atoms with van der Waals surface area (Å²) in [5.74, 6) is -0.109. The molecule has 3 nitrogen and oxygen atoms in total. The van der Waals surface area contributed by atoms with Crippen LogP contribution in [0.4, 0.5) is 0 Å². The number of hydrogen-bond acceptors (Lipinski definition) is 3. The summed E-state index contributed by atoms with van der Waals surface area (Å²) in [5, 5.41) is 0.454. The van der Waals surface area contributed by atoms with Gasteiger partial charge in [0, 0.05) is 22.4 Å². The van der Waals surface area contributed by atoms with Crippen LogP contribution in [0, 0.1) is 18.8 Å². The van der Waals surface area contributed by atoms with Gasteiger partial charge in [-0.3, -0.25) is 9.59 Å². The molecule has 20 heavy (non-hydrogen) atoms. The van der Waals surface area contributed by atoms with Gasteiger partial charge in [0.1, 0.15) is 11.7 Å². The van der Waals surface area contributed by atoms with Crippen LogP contribution < -0.4 is 4.74 Å². The first kappa shape index (κ1) is 13.6. The summed E-state index contributed by atoms with van der Waals surface area (Å²) in [6, 6.07) is 3.62. The van der Waals surface area contributed by atoms with Crippen molar-refractivity contribution in [1.82, 2.24) is 0 Å². The van der Waals surface area contributed by atoms with Crippen molar-refractivity contribution in [3.8, 4) is 5.75 Å². The SMILES string of the molecule is COc1cc(C)cc(Cl)c1C1C(=O)C2CCC(C2)C1=O. The van der Waals surface area contributed by atoms with E-state index in [4.69, 9.17) is 16.3 Å². The summed E-state index contributed by atoms with van der Waals surface area (Å²) in [5.41, 5.74) is 1.51. The second-order valence-electron chi connectivity index (χ2n) is 5.81. The monoisotopic (exact) mass is 292 g/mol. The van der Waals surface area contributed by atoms with Gasteiger partial charge in [-0.2, -0.15) is 0 Å². The maximum Gasteiger partial charge on any atom is 0.151 e. The molecule has 1 aromatic rings.